The third-order valence-corrected chi connectivity index (χ3v) is 11.8. The van der Waals surface area contributed by atoms with Crippen molar-refractivity contribution >= 4 is 17.9 Å². The van der Waals surface area contributed by atoms with E-state index < -0.39 is 6.10 Å². The lowest BCUT2D eigenvalue weighted by Crippen LogP contribution is -2.30. The van der Waals surface area contributed by atoms with Crippen LogP contribution in [0.15, 0.2) is 109 Å². The van der Waals surface area contributed by atoms with E-state index in [0.717, 1.165) is 103 Å². The van der Waals surface area contributed by atoms with Gasteiger partial charge in [-0.1, -0.05) is 239 Å². The van der Waals surface area contributed by atoms with Crippen molar-refractivity contribution in [1.29, 1.82) is 0 Å². The second-order valence-corrected chi connectivity index (χ2v) is 18.5. The van der Waals surface area contributed by atoms with E-state index in [0.29, 0.717) is 19.3 Å². The van der Waals surface area contributed by atoms with Crippen LogP contribution in [0.5, 0.6) is 0 Å². The molecule has 0 aliphatic carbocycles. The lowest BCUT2D eigenvalue weighted by Gasteiger charge is -2.18. The van der Waals surface area contributed by atoms with Gasteiger partial charge < -0.3 is 14.2 Å². The van der Waals surface area contributed by atoms with Crippen molar-refractivity contribution in [2.24, 2.45) is 0 Å². The smallest absolute Gasteiger partial charge is 0.306 e. The van der Waals surface area contributed by atoms with E-state index in [4.69, 9.17) is 14.2 Å². The highest BCUT2D eigenvalue weighted by Crippen LogP contribution is 2.15. The monoisotopic (exact) mass is 957 g/mol. The van der Waals surface area contributed by atoms with Gasteiger partial charge in [-0.05, 0) is 103 Å². The van der Waals surface area contributed by atoms with Crippen LogP contribution in [0.1, 0.15) is 252 Å². The molecule has 6 nitrogen and oxygen atoms in total. The van der Waals surface area contributed by atoms with Gasteiger partial charge >= 0.3 is 17.9 Å². The van der Waals surface area contributed by atoms with Gasteiger partial charge in [-0.15, -0.1) is 0 Å². The van der Waals surface area contributed by atoms with Crippen molar-refractivity contribution < 1.29 is 28.6 Å². The first-order chi connectivity index (χ1) is 34.0. The summed E-state index contributed by atoms with van der Waals surface area (Å²) in [5.74, 6) is -1.00. The highest BCUT2D eigenvalue weighted by molar-refractivity contribution is 5.71. The van der Waals surface area contributed by atoms with Gasteiger partial charge in [0.05, 0.1) is 0 Å². The fourth-order valence-corrected chi connectivity index (χ4v) is 7.52. The van der Waals surface area contributed by atoms with Gasteiger partial charge in [0.1, 0.15) is 13.2 Å². The molecule has 0 spiro atoms. The molecule has 0 saturated carbocycles. The molecule has 0 rings (SSSR count). The maximum absolute atomic E-state index is 12.8. The lowest BCUT2D eigenvalue weighted by molar-refractivity contribution is -0.167. The van der Waals surface area contributed by atoms with E-state index >= 15 is 0 Å². The maximum Gasteiger partial charge on any atom is 0.306 e. The van der Waals surface area contributed by atoms with Crippen molar-refractivity contribution in [3.8, 4) is 0 Å². The highest BCUT2D eigenvalue weighted by atomic mass is 16.6. The summed E-state index contributed by atoms with van der Waals surface area (Å²) >= 11 is 0. The van der Waals surface area contributed by atoms with Crippen molar-refractivity contribution in [2.45, 2.75) is 258 Å². The summed E-state index contributed by atoms with van der Waals surface area (Å²) < 4.78 is 16.8. The molecule has 0 N–H and O–H groups in total. The highest BCUT2D eigenvalue weighted by Gasteiger charge is 2.19. The Balaban J connectivity index is 4.54. The molecule has 0 radical (unpaired) electrons. The van der Waals surface area contributed by atoms with Crippen molar-refractivity contribution in [3.05, 3.63) is 109 Å². The van der Waals surface area contributed by atoms with Crippen LogP contribution in [-0.4, -0.2) is 37.2 Å². The number of ether oxygens (including phenoxy) is 3. The summed E-state index contributed by atoms with van der Waals surface area (Å²) in [7, 11) is 0. The third kappa shape index (κ3) is 54.9. The molecule has 0 aromatic rings. The van der Waals surface area contributed by atoms with E-state index in [9.17, 15) is 14.4 Å². The Bertz CT molecular complexity index is 1420. The lowest BCUT2D eigenvalue weighted by atomic mass is 10.0. The van der Waals surface area contributed by atoms with Crippen LogP contribution in [0, 0.1) is 0 Å². The summed E-state index contributed by atoms with van der Waals surface area (Å²) in [4.78, 5) is 38.1. The third-order valence-electron chi connectivity index (χ3n) is 11.8. The van der Waals surface area contributed by atoms with Gasteiger partial charge in [-0.2, -0.15) is 0 Å². The van der Waals surface area contributed by atoms with Crippen molar-refractivity contribution in [2.75, 3.05) is 13.2 Å². The second-order valence-electron chi connectivity index (χ2n) is 18.5. The zero-order chi connectivity index (χ0) is 50.0. The van der Waals surface area contributed by atoms with E-state index in [2.05, 4.69) is 130 Å². The molecule has 0 aliphatic rings. The number of hydrogen-bond acceptors (Lipinski definition) is 6. The molecule has 0 heterocycles. The van der Waals surface area contributed by atoms with Crippen LogP contribution in [0.2, 0.25) is 0 Å². The van der Waals surface area contributed by atoms with Gasteiger partial charge in [0, 0.05) is 19.3 Å². The molecule has 0 aromatic heterocycles. The van der Waals surface area contributed by atoms with Crippen LogP contribution in [0.4, 0.5) is 0 Å². The fraction of sp³-hybridized carbons (Fsp3) is 0.667. The van der Waals surface area contributed by atoms with Crippen molar-refractivity contribution in [3.63, 3.8) is 0 Å². The Labute approximate surface area is 425 Å². The molecule has 0 saturated heterocycles. The number of esters is 3. The van der Waals surface area contributed by atoms with Gasteiger partial charge in [0.15, 0.2) is 6.10 Å². The average molecular weight is 958 g/mol. The van der Waals surface area contributed by atoms with Gasteiger partial charge in [0.2, 0.25) is 0 Å². The van der Waals surface area contributed by atoms with Gasteiger partial charge in [0.25, 0.3) is 0 Å². The molecule has 0 unspecified atom stereocenters. The number of hydrogen-bond donors (Lipinski definition) is 0. The summed E-state index contributed by atoms with van der Waals surface area (Å²) in [6.45, 7) is 6.43. The zero-order valence-corrected chi connectivity index (χ0v) is 44.8. The first-order valence-electron chi connectivity index (χ1n) is 28.4. The molecule has 6 heteroatoms. The molecule has 69 heavy (non-hydrogen) atoms. The number of carbonyl (C=O) groups is 3. The topological polar surface area (TPSA) is 78.9 Å². The number of allylic oxidation sites excluding steroid dienone is 18. The molecule has 0 amide bonds. The summed E-state index contributed by atoms with van der Waals surface area (Å²) in [6.07, 6.45) is 76.5. The Morgan fingerprint density at radius 2 is 0.580 bits per heavy atom. The summed E-state index contributed by atoms with van der Waals surface area (Å²) in [5.41, 5.74) is 0. The van der Waals surface area contributed by atoms with Crippen LogP contribution >= 0.6 is 0 Å². The molecule has 0 aliphatic heterocycles. The molecule has 392 valence electrons. The minimum Gasteiger partial charge on any atom is -0.462 e. The summed E-state index contributed by atoms with van der Waals surface area (Å²) in [6, 6.07) is 0. The van der Waals surface area contributed by atoms with Gasteiger partial charge in [-0.3, -0.25) is 14.4 Å². The fourth-order valence-electron chi connectivity index (χ4n) is 7.52. The number of unbranched alkanes of at least 4 members (excludes halogenated alkanes) is 21. The van der Waals surface area contributed by atoms with E-state index in [1.807, 2.05) is 0 Å². The van der Waals surface area contributed by atoms with E-state index in [1.54, 1.807) is 0 Å². The number of carbonyl (C=O) groups excluding carboxylic acids is 3. The van der Waals surface area contributed by atoms with E-state index in [1.165, 1.54) is 103 Å². The molecular formula is C63H104O6. The van der Waals surface area contributed by atoms with Crippen LogP contribution in [0.25, 0.3) is 0 Å². The van der Waals surface area contributed by atoms with Crippen LogP contribution < -0.4 is 0 Å². The van der Waals surface area contributed by atoms with Crippen LogP contribution in [-0.2, 0) is 28.6 Å². The normalized spacial score (nSPS) is 12.9. The average Bonchev–Trinajstić information content (AvgIpc) is 3.35. The molecule has 1 atom stereocenters. The zero-order valence-electron chi connectivity index (χ0n) is 44.8. The quantitative estimate of drug-likeness (QED) is 0.0262. The predicted molar refractivity (Wildman–Crippen MR) is 297 cm³/mol. The molecular weight excluding hydrogens is 853 g/mol. The first-order valence-corrected chi connectivity index (χ1v) is 28.4. The van der Waals surface area contributed by atoms with Crippen molar-refractivity contribution in [1.82, 2.24) is 0 Å². The maximum atomic E-state index is 12.8. The number of rotatable bonds is 50. The van der Waals surface area contributed by atoms with E-state index in [-0.39, 0.29) is 37.5 Å². The van der Waals surface area contributed by atoms with Gasteiger partial charge in [-0.25, -0.2) is 0 Å². The SMILES string of the molecule is CC/C=C/C/C=C/C/C=C/C/C=C/C/C=C/CCCC(=O)O[C@@H](COC(=O)CCCCC/C=C/C/C=C/C/C=C/C/C=C/CCCCC)COC(=O)CCCCCCCCCCCCCCCCC. The first kappa shape index (κ1) is 65.1. The Kier molecular flexibility index (Phi) is 53.4. The minimum atomic E-state index is -0.822. The Hall–Kier alpha value is -3.93. The molecule has 0 aromatic carbocycles. The molecule has 0 fully saturated rings. The second kappa shape index (κ2) is 56.7. The predicted octanol–water partition coefficient (Wildman–Crippen LogP) is 19.1. The minimum absolute atomic E-state index is 0.111. The Morgan fingerprint density at radius 1 is 0.304 bits per heavy atom. The molecule has 0 bridgehead atoms. The summed E-state index contributed by atoms with van der Waals surface area (Å²) in [5, 5.41) is 0. The standard InChI is InChI=1S/C63H104O6/c1-4-7-10-13-16-19-22-25-28-30-31-33-35-38-41-44-47-50-53-56-62(65)68-59-60(58-67-61(64)55-52-49-46-43-40-37-34-27-24-21-18-15-12-9-6-3)69-63(66)57-54-51-48-45-42-39-36-32-29-26-23-20-17-14-11-8-5-2/h8,11,16-17,19-20,25-26,28-29,31,33,36,38-39,41,45,48,60H,4-7,9-10,12-15,18,21-24,27,30,32,34-35,37,40,42-44,46-47,49-59H2,1-3H3/b11-8+,19-16+,20-17+,28-25+,29-26+,33-31+,39-36+,41-38+,48-45+/t60-/m1/s1. The largest absolute Gasteiger partial charge is 0.462 e. The van der Waals surface area contributed by atoms with Crippen LogP contribution in [0.3, 0.4) is 0 Å². The Morgan fingerprint density at radius 3 is 0.957 bits per heavy atom.